The molecular weight excluding hydrogens is 390 g/mol. The van der Waals surface area contributed by atoms with Crippen molar-refractivity contribution in [3.8, 4) is 17.0 Å². The van der Waals surface area contributed by atoms with Gasteiger partial charge in [0.25, 0.3) is 0 Å². The largest absolute Gasteiger partial charge is 0.481 e. The summed E-state index contributed by atoms with van der Waals surface area (Å²) in [6.45, 7) is 2.51. The summed E-state index contributed by atoms with van der Waals surface area (Å²) in [6.07, 6.45) is -9.34. The number of rotatable bonds is 3. The molecule has 28 heavy (non-hydrogen) atoms. The second-order valence-corrected chi connectivity index (χ2v) is 6.12. The summed E-state index contributed by atoms with van der Waals surface area (Å²) in [4.78, 5) is 7.28. The van der Waals surface area contributed by atoms with E-state index in [1.54, 1.807) is 6.92 Å². The van der Waals surface area contributed by atoms with Crippen molar-refractivity contribution in [2.45, 2.75) is 32.3 Å². The number of anilines is 1. The zero-order chi connectivity index (χ0) is 20.9. The van der Waals surface area contributed by atoms with E-state index >= 15 is 0 Å². The molecule has 1 unspecified atom stereocenters. The van der Waals surface area contributed by atoms with Gasteiger partial charge in [-0.3, -0.25) is 4.40 Å². The van der Waals surface area contributed by atoms with Gasteiger partial charge in [0.1, 0.15) is 5.75 Å². The van der Waals surface area contributed by atoms with E-state index in [-0.39, 0.29) is 17.1 Å². The third kappa shape index (κ3) is 3.69. The first-order valence-corrected chi connectivity index (χ1v) is 7.93. The summed E-state index contributed by atoms with van der Waals surface area (Å²) >= 11 is 0. The molecule has 3 rings (SSSR count). The maximum atomic E-state index is 13.1. The van der Waals surface area contributed by atoms with Gasteiger partial charge in [0, 0.05) is 11.8 Å². The van der Waals surface area contributed by atoms with Crippen molar-refractivity contribution in [1.82, 2.24) is 14.4 Å². The highest BCUT2D eigenvalue weighted by atomic mass is 19.4. The molecule has 0 bridgehead atoms. The maximum Gasteiger partial charge on any atom is 0.434 e. The SMILES string of the molecule is Cc1ccc(OC(C)C(F)(F)F)cc1-c1cnc2c(N)nc(C(F)(F)F)cn12. The van der Waals surface area contributed by atoms with Crippen LogP contribution in [0.3, 0.4) is 0 Å². The molecule has 0 amide bonds. The number of imidazole rings is 1. The Kier molecular flexibility index (Phi) is 4.64. The number of halogens is 6. The number of fused-ring (bicyclic) bond motifs is 1. The molecule has 2 aromatic heterocycles. The molecule has 1 atom stereocenters. The van der Waals surface area contributed by atoms with Crippen molar-refractivity contribution in [2.75, 3.05) is 5.73 Å². The highest BCUT2D eigenvalue weighted by Crippen LogP contribution is 2.34. The molecule has 0 spiro atoms. The number of hydrogen-bond acceptors (Lipinski definition) is 4. The lowest BCUT2D eigenvalue weighted by molar-refractivity contribution is -0.189. The summed E-state index contributed by atoms with van der Waals surface area (Å²) in [6, 6.07) is 4.16. The van der Waals surface area contributed by atoms with Gasteiger partial charge in [-0.15, -0.1) is 0 Å². The fourth-order valence-corrected chi connectivity index (χ4v) is 2.57. The fraction of sp³-hybridized carbons (Fsp3) is 0.294. The van der Waals surface area contributed by atoms with Crippen LogP contribution in [-0.4, -0.2) is 26.6 Å². The van der Waals surface area contributed by atoms with Gasteiger partial charge in [-0.1, -0.05) is 6.07 Å². The van der Waals surface area contributed by atoms with E-state index in [0.717, 1.165) is 17.5 Å². The van der Waals surface area contributed by atoms with Crippen LogP contribution in [0.25, 0.3) is 16.9 Å². The van der Waals surface area contributed by atoms with Crippen LogP contribution >= 0.6 is 0 Å². The Labute approximate surface area is 154 Å². The Hall–Kier alpha value is -2.98. The van der Waals surface area contributed by atoms with E-state index < -0.39 is 30.0 Å². The number of nitrogens with two attached hydrogens (primary N) is 1. The van der Waals surface area contributed by atoms with Gasteiger partial charge in [0.2, 0.25) is 0 Å². The lowest BCUT2D eigenvalue weighted by Gasteiger charge is -2.18. The normalized spacial score (nSPS) is 13.7. The van der Waals surface area contributed by atoms with E-state index in [2.05, 4.69) is 9.97 Å². The summed E-state index contributed by atoms with van der Waals surface area (Å²) in [5, 5.41) is 0. The standard InChI is InChI=1S/C17H14F6N4O/c1-8-3-4-10(28-9(2)16(18,19)20)5-11(8)12-6-25-15-14(24)26-13(7-27(12)15)17(21,22)23/h3-7,9H,1-2H3,(H2,24,26). The van der Waals surface area contributed by atoms with Crippen molar-refractivity contribution < 1.29 is 31.1 Å². The number of alkyl halides is 6. The third-order valence-electron chi connectivity index (χ3n) is 4.07. The molecule has 150 valence electrons. The molecule has 0 saturated carbocycles. The van der Waals surface area contributed by atoms with E-state index in [0.29, 0.717) is 11.1 Å². The minimum atomic E-state index is -4.73. The number of aromatic nitrogens is 3. The molecule has 0 aliphatic rings. The second kappa shape index (κ2) is 6.57. The molecule has 0 aliphatic heterocycles. The first-order valence-electron chi connectivity index (χ1n) is 7.93. The summed E-state index contributed by atoms with van der Waals surface area (Å²) in [7, 11) is 0. The maximum absolute atomic E-state index is 13.1. The van der Waals surface area contributed by atoms with Crippen LogP contribution in [0.4, 0.5) is 32.2 Å². The molecule has 2 N–H and O–H groups in total. The molecule has 1 aromatic carbocycles. The topological polar surface area (TPSA) is 65.4 Å². The first kappa shape index (κ1) is 19.8. The van der Waals surface area contributed by atoms with E-state index in [1.807, 2.05) is 0 Å². The molecular formula is C17H14F6N4O. The molecule has 0 fully saturated rings. The van der Waals surface area contributed by atoms with Crippen molar-refractivity contribution >= 4 is 11.5 Å². The van der Waals surface area contributed by atoms with Gasteiger partial charge in [0.15, 0.2) is 23.3 Å². The molecule has 0 aliphatic carbocycles. The molecule has 0 radical (unpaired) electrons. The van der Waals surface area contributed by atoms with Crippen LogP contribution in [0.5, 0.6) is 5.75 Å². The van der Waals surface area contributed by atoms with Crippen LogP contribution in [0.15, 0.2) is 30.6 Å². The number of ether oxygens (including phenoxy) is 1. The summed E-state index contributed by atoms with van der Waals surface area (Å²) < 4.78 is 83.4. The van der Waals surface area contributed by atoms with Gasteiger partial charge in [0.05, 0.1) is 11.9 Å². The molecule has 5 nitrogen and oxygen atoms in total. The fourth-order valence-electron chi connectivity index (χ4n) is 2.57. The number of nitrogen functional groups attached to an aromatic ring is 1. The molecule has 3 aromatic rings. The van der Waals surface area contributed by atoms with Crippen LogP contribution in [-0.2, 0) is 6.18 Å². The first-order chi connectivity index (χ1) is 12.9. The van der Waals surface area contributed by atoms with E-state index in [9.17, 15) is 26.3 Å². The van der Waals surface area contributed by atoms with Crippen LogP contribution in [0, 0.1) is 6.92 Å². The molecule has 11 heteroatoms. The van der Waals surface area contributed by atoms with E-state index in [4.69, 9.17) is 10.5 Å². The summed E-state index contributed by atoms with van der Waals surface area (Å²) in [5.41, 5.74) is 5.51. The van der Waals surface area contributed by atoms with Gasteiger partial charge in [-0.05, 0) is 31.5 Å². The molecule has 2 heterocycles. The number of nitrogens with zero attached hydrogens (tertiary/aromatic N) is 3. The smallest absolute Gasteiger partial charge is 0.434 e. The Morgan fingerprint density at radius 1 is 1.14 bits per heavy atom. The minimum absolute atomic E-state index is 0.00242. The zero-order valence-electron chi connectivity index (χ0n) is 14.6. The average molecular weight is 404 g/mol. The number of benzene rings is 1. The van der Waals surface area contributed by atoms with Crippen LogP contribution < -0.4 is 10.5 Å². The van der Waals surface area contributed by atoms with Crippen molar-refractivity contribution in [1.29, 1.82) is 0 Å². The second-order valence-electron chi connectivity index (χ2n) is 6.12. The highest BCUT2D eigenvalue weighted by Gasteiger charge is 2.38. The van der Waals surface area contributed by atoms with Crippen LogP contribution in [0.1, 0.15) is 18.2 Å². The highest BCUT2D eigenvalue weighted by molar-refractivity contribution is 5.72. The third-order valence-corrected chi connectivity index (χ3v) is 4.07. The zero-order valence-corrected chi connectivity index (χ0v) is 14.6. The monoisotopic (exact) mass is 404 g/mol. The van der Waals surface area contributed by atoms with Gasteiger partial charge >= 0.3 is 12.4 Å². The quantitative estimate of drug-likeness (QED) is 0.647. The number of hydrogen-bond donors (Lipinski definition) is 1. The van der Waals surface area contributed by atoms with Gasteiger partial charge in [-0.25, -0.2) is 9.97 Å². The van der Waals surface area contributed by atoms with Gasteiger partial charge < -0.3 is 10.5 Å². The number of aryl methyl sites for hydroxylation is 1. The Balaban J connectivity index is 2.12. The predicted octanol–water partition coefficient (Wildman–Crippen LogP) is 4.64. The Morgan fingerprint density at radius 2 is 1.82 bits per heavy atom. The van der Waals surface area contributed by atoms with Crippen LogP contribution in [0.2, 0.25) is 0 Å². The lowest BCUT2D eigenvalue weighted by atomic mass is 10.1. The van der Waals surface area contributed by atoms with Crippen molar-refractivity contribution in [3.63, 3.8) is 0 Å². The minimum Gasteiger partial charge on any atom is -0.481 e. The molecule has 0 saturated heterocycles. The lowest BCUT2D eigenvalue weighted by Crippen LogP contribution is -2.31. The van der Waals surface area contributed by atoms with Crippen molar-refractivity contribution in [2.24, 2.45) is 0 Å². The predicted molar refractivity (Wildman–Crippen MR) is 88.7 cm³/mol. The average Bonchev–Trinajstić information content (AvgIpc) is 2.99. The Bertz CT molecular complexity index is 1020. The van der Waals surface area contributed by atoms with E-state index in [1.165, 1.54) is 24.4 Å². The van der Waals surface area contributed by atoms with Crippen molar-refractivity contribution in [3.05, 3.63) is 41.9 Å². The Morgan fingerprint density at radius 3 is 2.43 bits per heavy atom. The van der Waals surface area contributed by atoms with Gasteiger partial charge in [-0.2, -0.15) is 26.3 Å². The summed E-state index contributed by atoms with van der Waals surface area (Å²) in [5.74, 6) is -0.504.